The highest BCUT2D eigenvalue weighted by Crippen LogP contribution is 2.33. The quantitative estimate of drug-likeness (QED) is 0.853. The van der Waals surface area contributed by atoms with Crippen molar-refractivity contribution in [2.24, 2.45) is 11.3 Å². The van der Waals surface area contributed by atoms with Crippen LogP contribution in [-0.2, 0) is 17.6 Å². The smallest absolute Gasteiger partial charge is 0.231 e. The lowest BCUT2D eigenvalue weighted by molar-refractivity contribution is -0.144. The molecule has 0 saturated carbocycles. The topological polar surface area (TPSA) is 52.6 Å². The molecule has 1 atom stereocenters. The molecule has 0 spiro atoms. The molecule has 0 aromatic heterocycles. The molecule has 1 amide bonds. The summed E-state index contributed by atoms with van der Waals surface area (Å²) in [6, 6.07) is 14.0. The number of halogens is 1. The minimum Gasteiger partial charge on any atom is -0.508 e. The average Bonchev–Trinajstić information content (AvgIpc) is 3.09. The van der Waals surface area contributed by atoms with Crippen LogP contribution in [0.5, 0.6) is 5.75 Å². The summed E-state index contributed by atoms with van der Waals surface area (Å²) < 4.78 is 14.1. The zero-order valence-corrected chi connectivity index (χ0v) is 15.3. The molecule has 2 N–H and O–H groups in total. The summed E-state index contributed by atoms with van der Waals surface area (Å²) in [6.07, 6.45) is 2.34. The second kappa shape index (κ2) is 7.31. The van der Waals surface area contributed by atoms with Crippen LogP contribution in [0.4, 0.5) is 4.39 Å². The lowest BCUT2D eigenvalue weighted by Gasteiger charge is -2.43. The van der Waals surface area contributed by atoms with E-state index in [9.17, 15) is 14.3 Å². The van der Waals surface area contributed by atoms with Gasteiger partial charge in [0.25, 0.3) is 0 Å². The Morgan fingerprint density at radius 3 is 2.59 bits per heavy atom. The first-order valence-corrected chi connectivity index (χ1v) is 9.57. The van der Waals surface area contributed by atoms with E-state index in [2.05, 4.69) is 5.32 Å². The van der Waals surface area contributed by atoms with E-state index in [1.165, 1.54) is 11.6 Å². The number of phenols is 1. The van der Waals surface area contributed by atoms with Crippen molar-refractivity contribution in [1.29, 1.82) is 0 Å². The molecule has 0 bridgehead atoms. The monoisotopic (exact) mass is 368 g/mol. The van der Waals surface area contributed by atoms with Gasteiger partial charge in [0.1, 0.15) is 11.6 Å². The number of aromatic hydroxyl groups is 1. The number of hydrogen-bond acceptors (Lipinski definition) is 3. The van der Waals surface area contributed by atoms with Crippen LogP contribution < -0.4 is 5.32 Å². The maximum atomic E-state index is 14.1. The van der Waals surface area contributed by atoms with Crippen LogP contribution in [0.1, 0.15) is 17.5 Å². The van der Waals surface area contributed by atoms with Gasteiger partial charge in [-0.3, -0.25) is 4.79 Å². The summed E-state index contributed by atoms with van der Waals surface area (Å²) in [6.45, 7) is 2.73. The molecule has 2 aliphatic rings. The first kappa shape index (κ1) is 18.0. The summed E-state index contributed by atoms with van der Waals surface area (Å²) in [4.78, 5) is 15.2. The number of benzene rings is 2. The second-order valence-corrected chi connectivity index (χ2v) is 7.93. The third kappa shape index (κ3) is 3.69. The molecule has 2 aliphatic heterocycles. The molecular formula is C22H25FN2O2. The molecule has 142 valence electrons. The van der Waals surface area contributed by atoms with Crippen molar-refractivity contribution in [2.75, 3.05) is 26.2 Å². The summed E-state index contributed by atoms with van der Waals surface area (Å²) in [7, 11) is 0. The molecule has 1 unspecified atom stereocenters. The molecular weight excluding hydrogens is 343 g/mol. The van der Waals surface area contributed by atoms with E-state index in [0.29, 0.717) is 31.0 Å². The Hall–Kier alpha value is -2.40. The minimum atomic E-state index is -0.518. The number of carbonyl (C=O) groups is 1. The van der Waals surface area contributed by atoms with E-state index < -0.39 is 5.41 Å². The molecule has 4 nitrogen and oxygen atoms in total. The van der Waals surface area contributed by atoms with Crippen molar-refractivity contribution in [1.82, 2.24) is 10.2 Å². The fourth-order valence-corrected chi connectivity index (χ4v) is 4.27. The van der Waals surface area contributed by atoms with Crippen molar-refractivity contribution < 1.29 is 14.3 Å². The van der Waals surface area contributed by atoms with Crippen molar-refractivity contribution in [3.05, 3.63) is 65.5 Å². The van der Waals surface area contributed by atoms with Gasteiger partial charge in [-0.1, -0.05) is 30.3 Å². The Balaban J connectivity index is 1.41. The Bertz CT molecular complexity index is 817. The first-order chi connectivity index (χ1) is 13.1. The van der Waals surface area contributed by atoms with Crippen LogP contribution in [0.15, 0.2) is 48.5 Å². The first-order valence-electron chi connectivity index (χ1n) is 9.57. The SMILES string of the molecule is O=C(N1CCC(Cc2ccc(O)cc2)C1)C1(Cc2ccccc2F)CNC1. The lowest BCUT2D eigenvalue weighted by atomic mass is 9.75. The predicted molar refractivity (Wildman–Crippen MR) is 102 cm³/mol. The van der Waals surface area contributed by atoms with E-state index in [-0.39, 0.29) is 17.5 Å². The summed E-state index contributed by atoms with van der Waals surface area (Å²) in [5.41, 5.74) is 1.28. The fourth-order valence-electron chi connectivity index (χ4n) is 4.27. The van der Waals surface area contributed by atoms with E-state index >= 15 is 0 Å². The lowest BCUT2D eigenvalue weighted by Crippen LogP contribution is -2.63. The summed E-state index contributed by atoms with van der Waals surface area (Å²) >= 11 is 0. The van der Waals surface area contributed by atoms with Gasteiger partial charge in [-0.15, -0.1) is 0 Å². The predicted octanol–water partition coefficient (Wildman–Crippen LogP) is 2.75. The largest absolute Gasteiger partial charge is 0.508 e. The maximum absolute atomic E-state index is 14.1. The Labute approximate surface area is 159 Å². The van der Waals surface area contributed by atoms with Crippen molar-refractivity contribution in [3.63, 3.8) is 0 Å². The van der Waals surface area contributed by atoms with E-state index in [4.69, 9.17) is 0 Å². The van der Waals surface area contributed by atoms with E-state index in [1.54, 1.807) is 24.3 Å². The molecule has 0 radical (unpaired) electrons. The molecule has 0 aliphatic carbocycles. The number of likely N-dealkylation sites (tertiary alicyclic amines) is 1. The zero-order chi connectivity index (χ0) is 18.9. The number of rotatable bonds is 5. The van der Waals surface area contributed by atoms with E-state index in [1.807, 2.05) is 23.1 Å². The highest BCUT2D eigenvalue weighted by atomic mass is 19.1. The van der Waals surface area contributed by atoms with Crippen LogP contribution >= 0.6 is 0 Å². The highest BCUT2D eigenvalue weighted by molar-refractivity contribution is 5.85. The maximum Gasteiger partial charge on any atom is 0.231 e. The summed E-state index contributed by atoms with van der Waals surface area (Å²) in [5.74, 6) is 0.618. The van der Waals surface area contributed by atoms with Gasteiger partial charge in [-0.05, 0) is 54.5 Å². The van der Waals surface area contributed by atoms with Gasteiger partial charge in [-0.2, -0.15) is 0 Å². The molecule has 2 saturated heterocycles. The third-order valence-corrected chi connectivity index (χ3v) is 5.90. The van der Waals surface area contributed by atoms with Gasteiger partial charge in [0.05, 0.1) is 5.41 Å². The summed E-state index contributed by atoms with van der Waals surface area (Å²) in [5, 5.41) is 12.6. The van der Waals surface area contributed by atoms with Crippen LogP contribution in [-0.4, -0.2) is 42.1 Å². The molecule has 2 aromatic carbocycles. The standard InChI is InChI=1S/C22H25FN2O2/c23-20-4-2-1-3-18(20)12-22(14-24-15-22)21(27)25-10-9-17(13-25)11-16-5-7-19(26)8-6-16/h1-8,17,24,26H,9-15H2. The second-order valence-electron chi connectivity index (χ2n) is 7.93. The molecule has 2 fully saturated rings. The van der Waals surface area contributed by atoms with Crippen LogP contribution in [0, 0.1) is 17.2 Å². The van der Waals surface area contributed by atoms with Gasteiger partial charge in [0.15, 0.2) is 0 Å². The van der Waals surface area contributed by atoms with E-state index in [0.717, 1.165) is 25.9 Å². The van der Waals surface area contributed by atoms with Gasteiger partial charge < -0.3 is 15.3 Å². The van der Waals surface area contributed by atoms with Gasteiger partial charge >= 0.3 is 0 Å². The third-order valence-electron chi connectivity index (χ3n) is 5.90. The Morgan fingerprint density at radius 2 is 1.93 bits per heavy atom. The number of nitrogens with zero attached hydrogens (tertiary/aromatic N) is 1. The van der Waals surface area contributed by atoms with Crippen LogP contribution in [0.2, 0.25) is 0 Å². The van der Waals surface area contributed by atoms with Gasteiger partial charge in [0, 0.05) is 26.2 Å². The highest BCUT2D eigenvalue weighted by Gasteiger charge is 2.47. The Kier molecular flexibility index (Phi) is 4.87. The van der Waals surface area contributed by atoms with Crippen LogP contribution in [0.25, 0.3) is 0 Å². The fraction of sp³-hybridized carbons (Fsp3) is 0.409. The molecule has 2 aromatic rings. The number of carbonyl (C=O) groups excluding carboxylic acids is 1. The number of nitrogens with one attached hydrogen (secondary N) is 1. The average molecular weight is 368 g/mol. The van der Waals surface area contributed by atoms with Crippen LogP contribution in [0.3, 0.4) is 0 Å². The van der Waals surface area contributed by atoms with Crippen molar-refractivity contribution in [2.45, 2.75) is 19.3 Å². The normalized spacial score (nSPS) is 21.1. The number of amides is 1. The van der Waals surface area contributed by atoms with Gasteiger partial charge in [0.2, 0.25) is 5.91 Å². The van der Waals surface area contributed by atoms with Crippen molar-refractivity contribution in [3.8, 4) is 5.75 Å². The molecule has 2 heterocycles. The molecule has 4 rings (SSSR count). The van der Waals surface area contributed by atoms with Gasteiger partial charge in [-0.25, -0.2) is 4.39 Å². The molecule has 27 heavy (non-hydrogen) atoms. The zero-order valence-electron chi connectivity index (χ0n) is 15.3. The molecule has 5 heteroatoms. The number of phenolic OH excluding ortho intramolecular Hbond substituents is 1. The Morgan fingerprint density at radius 1 is 1.19 bits per heavy atom. The minimum absolute atomic E-state index is 0.151. The van der Waals surface area contributed by atoms with Crippen molar-refractivity contribution >= 4 is 5.91 Å². The number of hydrogen-bond donors (Lipinski definition) is 2.